The Kier molecular flexibility index (Phi) is 4.22. The number of rotatable bonds is 4. The second-order valence-corrected chi connectivity index (χ2v) is 6.78. The zero-order valence-electron chi connectivity index (χ0n) is 14.4. The number of carbonyl (C=O) groups excluding carboxylic acids is 1. The van der Waals surface area contributed by atoms with Gasteiger partial charge in [0.25, 0.3) is 5.91 Å². The number of amides is 1. The average Bonchev–Trinajstić information content (AvgIpc) is 3.31. The van der Waals surface area contributed by atoms with Crippen LogP contribution in [0.15, 0.2) is 48.8 Å². The molecule has 1 aliphatic carbocycles. The van der Waals surface area contributed by atoms with Crippen molar-refractivity contribution in [2.24, 2.45) is 0 Å². The van der Waals surface area contributed by atoms with Gasteiger partial charge in [-0.05, 0) is 24.5 Å². The lowest BCUT2D eigenvalue weighted by Crippen LogP contribution is -2.35. The van der Waals surface area contributed by atoms with Crippen molar-refractivity contribution in [3.05, 3.63) is 59.9 Å². The van der Waals surface area contributed by atoms with Crippen molar-refractivity contribution in [1.82, 2.24) is 19.7 Å². The highest BCUT2D eigenvalue weighted by atomic mass is 16.2. The summed E-state index contributed by atoms with van der Waals surface area (Å²) in [7, 11) is 1.90. The summed E-state index contributed by atoms with van der Waals surface area (Å²) in [6.07, 6.45) is 8.11. The van der Waals surface area contributed by atoms with Gasteiger partial charge in [0, 0.05) is 24.7 Å². The topological polar surface area (TPSA) is 51.0 Å². The smallest absolute Gasteiger partial charge is 0.255 e. The van der Waals surface area contributed by atoms with Gasteiger partial charge < -0.3 is 4.90 Å². The van der Waals surface area contributed by atoms with Crippen LogP contribution in [0, 0.1) is 0 Å². The van der Waals surface area contributed by atoms with Gasteiger partial charge in [-0.25, -0.2) is 9.67 Å². The zero-order chi connectivity index (χ0) is 17.2. The first kappa shape index (κ1) is 15.8. The van der Waals surface area contributed by atoms with E-state index in [-0.39, 0.29) is 5.91 Å². The maximum absolute atomic E-state index is 12.7. The summed E-state index contributed by atoms with van der Waals surface area (Å²) >= 11 is 0. The summed E-state index contributed by atoms with van der Waals surface area (Å²) < 4.78 is 1.87. The SMILES string of the molecule is CN(C(=O)c1cnc2c(cnn2Cc2ccccc2)c1)C1CCCC1. The first-order chi connectivity index (χ1) is 12.2. The molecule has 0 N–H and O–H groups in total. The zero-order valence-corrected chi connectivity index (χ0v) is 14.4. The highest BCUT2D eigenvalue weighted by Gasteiger charge is 2.24. The van der Waals surface area contributed by atoms with Crippen LogP contribution in [-0.4, -0.2) is 38.7 Å². The normalized spacial score (nSPS) is 14.9. The second-order valence-electron chi connectivity index (χ2n) is 6.78. The van der Waals surface area contributed by atoms with Crippen molar-refractivity contribution >= 4 is 16.9 Å². The number of hydrogen-bond donors (Lipinski definition) is 0. The molecule has 0 spiro atoms. The summed E-state index contributed by atoms with van der Waals surface area (Å²) in [4.78, 5) is 19.1. The molecule has 0 saturated heterocycles. The lowest BCUT2D eigenvalue weighted by molar-refractivity contribution is 0.0735. The number of hydrogen-bond acceptors (Lipinski definition) is 3. The molecular weight excluding hydrogens is 312 g/mol. The molecule has 1 aliphatic rings. The number of pyridine rings is 1. The monoisotopic (exact) mass is 334 g/mol. The van der Waals surface area contributed by atoms with Crippen LogP contribution >= 0.6 is 0 Å². The lowest BCUT2D eigenvalue weighted by atomic mass is 10.1. The fourth-order valence-electron chi connectivity index (χ4n) is 3.62. The Bertz CT molecular complexity index is 881. The van der Waals surface area contributed by atoms with Gasteiger partial charge in [0.05, 0.1) is 18.3 Å². The Labute approximate surface area is 147 Å². The standard InChI is InChI=1S/C20H22N4O/c1-23(18-9-5-6-10-18)20(25)17-11-16-13-22-24(19(16)21-12-17)14-15-7-3-2-4-8-15/h2-4,7-8,11-13,18H,5-6,9-10,14H2,1H3. The van der Waals surface area contributed by atoms with Gasteiger partial charge in [-0.15, -0.1) is 0 Å². The number of benzene rings is 1. The third-order valence-corrected chi connectivity index (χ3v) is 5.09. The largest absolute Gasteiger partial charge is 0.339 e. The van der Waals surface area contributed by atoms with Crippen molar-refractivity contribution < 1.29 is 4.79 Å². The summed E-state index contributed by atoms with van der Waals surface area (Å²) in [5.74, 6) is 0.0529. The summed E-state index contributed by atoms with van der Waals surface area (Å²) in [6, 6.07) is 12.5. The molecule has 4 rings (SSSR count). The van der Waals surface area contributed by atoms with Crippen molar-refractivity contribution in [2.75, 3.05) is 7.05 Å². The molecule has 1 saturated carbocycles. The Morgan fingerprint density at radius 2 is 1.96 bits per heavy atom. The molecular formula is C20H22N4O. The van der Waals surface area contributed by atoms with Crippen LogP contribution in [0.1, 0.15) is 41.6 Å². The van der Waals surface area contributed by atoms with Crippen LogP contribution in [0.25, 0.3) is 11.0 Å². The van der Waals surface area contributed by atoms with E-state index in [2.05, 4.69) is 22.2 Å². The van der Waals surface area contributed by atoms with Crippen LogP contribution in [0.3, 0.4) is 0 Å². The van der Waals surface area contributed by atoms with Crippen molar-refractivity contribution in [3.8, 4) is 0 Å². The molecule has 0 radical (unpaired) electrons. The molecule has 1 amide bonds. The summed E-state index contributed by atoms with van der Waals surface area (Å²) in [5.41, 5.74) is 2.63. The van der Waals surface area contributed by atoms with E-state index in [0.717, 1.165) is 23.9 Å². The van der Waals surface area contributed by atoms with E-state index in [9.17, 15) is 4.79 Å². The molecule has 0 bridgehead atoms. The molecule has 1 aromatic carbocycles. The molecule has 5 heteroatoms. The van der Waals surface area contributed by atoms with Crippen LogP contribution in [0.5, 0.6) is 0 Å². The van der Waals surface area contributed by atoms with Crippen molar-refractivity contribution in [1.29, 1.82) is 0 Å². The van der Waals surface area contributed by atoms with Crippen LogP contribution in [0.4, 0.5) is 0 Å². The van der Waals surface area contributed by atoms with Gasteiger partial charge in [-0.3, -0.25) is 4.79 Å². The number of aromatic nitrogens is 3. The number of nitrogens with zero attached hydrogens (tertiary/aromatic N) is 4. The van der Waals surface area contributed by atoms with Crippen molar-refractivity contribution in [2.45, 2.75) is 38.3 Å². The molecule has 2 heterocycles. The maximum Gasteiger partial charge on any atom is 0.255 e. The fraction of sp³-hybridized carbons (Fsp3) is 0.350. The van der Waals surface area contributed by atoms with Gasteiger partial charge in [-0.2, -0.15) is 5.10 Å². The van der Waals surface area contributed by atoms with Gasteiger partial charge in [0.1, 0.15) is 0 Å². The second kappa shape index (κ2) is 6.67. The highest BCUT2D eigenvalue weighted by Crippen LogP contribution is 2.24. The number of carbonyl (C=O) groups is 1. The maximum atomic E-state index is 12.7. The Morgan fingerprint density at radius 1 is 1.20 bits per heavy atom. The Balaban J connectivity index is 1.58. The predicted molar refractivity (Wildman–Crippen MR) is 97.4 cm³/mol. The van der Waals surface area contributed by atoms with E-state index < -0.39 is 0 Å². The third kappa shape index (κ3) is 3.14. The van der Waals surface area contributed by atoms with E-state index >= 15 is 0 Å². The molecule has 2 aromatic heterocycles. The Morgan fingerprint density at radius 3 is 2.72 bits per heavy atom. The molecule has 25 heavy (non-hydrogen) atoms. The lowest BCUT2D eigenvalue weighted by Gasteiger charge is -2.24. The van der Waals surface area contributed by atoms with Gasteiger partial charge >= 0.3 is 0 Å². The van der Waals surface area contributed by atoms with Crippen LogP contribution in [0.2, 0.25) is 0 Å². The molecule has 0 unspecified atom stereocenters. The first-order valence-corrected chi connectivity index (χ1v) is 8.85. The van der Waals surface area contributed by atoms with Gasteiger partial charge in [-0.1, -0.05) is 43.2 Å². The molecule has 0 atom stereocenters. The minimum absolute atomic E-state index is 0.0529. The van der Waals surface area contributed by atoms with E-state index in [1.165, 1.54) is 18.4 Å². The predicted octanol–water partition coefficient (Wildman–Crippen LogP) is 3.49. The Hall–Kier alpha value is -2.69. The van der Waals surface area contributed by atoms with Crippen LogP contribution in [-0.2, 0) is 6.54 Å². The van der Waals surface area contributed by atoms with E-state index in [0.29, 0.717) is 18.2 Å². The number of fused-ring (bicyclic) bond motifs is 1. The minimum atomic E-state index is 0.0529. The quantitative estimate of drug-likeness (QED) is 0.734. The van der Waals surface area contributed by atoms with Gasteiger partial charge in [0.2, 0.25) is 0 Å². The average molecular weight is 334 g/mol. The summed E-state index contributed by atoms with van der Waals surface area (Å²) in [5, 5.41) is 5.35. The molecule has 0 aliphatic heterocycles. The first-order valence-electron chi connectivity index (χ1n) is 8.85. The minimum Gasteiger partial charge on any atom is -0.339 e. The summed E-state index contributed by atoms with van der Waals surface area (Å²) in [6.45, 7) is 0.673. The third-order valence-electron chi connectivity index (χ3n) is 5.09. The molecule has 3 aromatic rings. The molecule has 128 valence electrons. The van der Waals surface area contributed by atoms with E-state index in [1.54, 1.807) is 12.4 Å². The van der Waals surface area contributed by atoms with E-state index in [1.807, 2.05) is 40.9 Å². The van der Waals surface area contributed by atoms with Crippen LogP contribution < -0.4 is 0 Å². The highest BCUT2D eigenvalue weighted by molar-refractivity contribution is 5.96. The van der Waals surface area contributed by atoms with Gasteiger partial charge in [0.15, 0.2) is 5.65 Å². The van der Waals surface area contributed by atoms with Crippen molar-refractivity contribution in [3.63, 3.8) is 0 Å². The fourth-order valence-corrected chi connectivity index (χ4v) is 3.62. The molecule has 5 nitrogen and oxygen atoms in total. The van der Waals surface area contributed by atoms with E-state index in [4.69, 9.17) is 0 Å². The molecule has 1 fully saturated rings.